The molecule has 4 rings (SSSR count). The number of benzene rings is 2. The van der Waals surface area contributed by atoms with E-state index in [1.165, 1.54) is 6.07 Å². The molecule has 0 radical (unpaired) electrons. The fraction of sp³-hybridized carbons (Fsp3) is 0.269. The van der Waals surface area contributed by atoms with E-state index in [4.69, 9.17) is 10.7 Å². The summed E-state index contributed by atoms with van der Waals surface area (Å²) in [6, 6.07) is 16.3. The first-order chi connectivity index (χ1) is 16.5. The Bertz CT molecular complexity index is 1300. The van der Waals surface area contributed by atoms with Crippen molar-refractivity contribution < 1.29 is 9.18 Å². The minimum absolute atomic E-state index is 0.0707. The lowest BCUT2D eigenvalue weighted by Crippen LogP contribution is -2.23. The van der Waals surface area contributed by atoms with Crippen LogP contribution in [0, 0.1) is 5.82 Å². The largest absolute Gasteiger partial charge is 0.348 e. The molecule has 0 aliphatic rings. The summed E-state index contributed by atoms with van der Waals surface area (Å²) in [6.07, 6.45) is 1.66. The quantitative estimate of drug-likeness (QED) is 0.330. The van der Waals surface area contributed by atoms with E-state index in [0.29, 0.717) is 40.9 Å². The smallest absolute Gasteiger partial charge is 0.252 e. The summed E-state index contributed by atoms with van der Waals surface area (Å²) in [5.74, 6) is -0.656. The number of hydrogen-bond donors (Lipinski definition) is 3. The van der Waals surface area contributed by atoms with E-state index in [0.717, 1.165) is 17.7 Å². The van der Waals surface area contributed by atoms with Gasteiger partial charge in [-0.25, -0.2) is 14.1 Å². The maximum Gasteiger partial charge on any atom is 0.252 e. The molecule has 2 aromatic heterocycles. The van der Waals surface area contributed by atoms with Gasteiger partial charge >= 0.3 is 0 Å². The van der Waals surface area contributed by atoms with Crippen molar-refractivity contribution in [2.75, 3.05) is 13.1 Å². The van der Waals surface area contributed by atoms with E-state index in [2.05, 4.69) is 21.8 Å². The Hall–Kier alpha value is -3.62. The maximum absolute atomic E-state index is 14.0. The van der Waals surface area contributed by atoms with Gasteiger partial charge in [-0.15, -0.1) is 0 Å². The molecule has 176 valence electrons. The highest BCUT2D eigenvalue weighted by Gasteiger charge is 2.19. The first kappa shape index (κ1) is 23.5. The monoisotopic (exact) mass is 460 g/mol. The molecule has 0 saturated carbocycles. The molecule has 0 bridgehead atoms. The molecule has 0 atom stereocenters. The highest BCUT2D eigenvalue weighted by molar-refractivity contribution is 6.06. The van der Waals surface area contributed by atoms with Crippen LogP contribution in [0.5, 0.6) is 0 Å². The molecule has 0 aliphatic carbocycles. The van der Waals surface area contributed by atoms with Gasteiger partial charge in [0, 0.05) is 43.3 Å². The van der Waals surface area contributed by atoms with Gasteiger partial charge in [-0.2, -0.15) is 5.10 Å². The van der Waals surface area contributed by atoms with Crippen LogP contribution in [0.2, 0.25) is 0 Å². The predicted octanol–water partition coefficient (Wildman–Crippen LogP) is 3.80. The Morgan fingerprint density at radius 2 is 1.94 bits per heavy atom. The van der Waals surface area contributed by atoms with Crippen LogP contribution in [0.3, 0.4) is 0 Å². The zero-order chi connectivity index (χ0) is 24.1. The van der Waals surface area contributed by atoms with Crippen molar-refractivity contribution >= 4 is 16.9 Å². The maximum atomic E-state index is 14.0. The third kappa shape index (κ3) is 5.13. The molecule has 0 fully saturated rings. The molecule has 8 heteroatoms. The van der Waals surface area contributed by atoms with Gasteiger partial charge in [-0.05, 0) is 37.6 Å². The molecule has 7 nitrogen and oxygen atoms in total. The van der Waals surface area contributed by atoms with Gasteiger partial charge in [0.1, 0.15) is 5.82 Å². The van der Waals surface area contributed by atoms with Crippen LogP contribution in [0.1, 0.15) is 41.4 Å². The van der Waals surface area contributed by atoms with Gasteiger partial charge in [0.2, 0.25) is 0 Å². The summed E-state index contributed by atoms with van der Waals surface area (Å²) in [6.45, 7) is 6.11. The van der Waals surface area contributed by atoms with Gasteiger partial charge in [0.25, 0.3) is 5.91 Å². The molecular weight excluding hydrogens is 431 g/mol. The van der Waals surface area contributed by atoms with Crippen LogP contribution in [0.25, 0.3) is 22.3 Å². The van der Waals surface area contributed by atoms with Crippen LogP contribution >= 0.6 is 0 Å². The highest BCUT2D eigenvalue weighted by Crippen LogP contribution is 2.27. The summed E-state index contributed by atoms with van der Waals surface area (Å²) in [4.78, 5) is 18.1. The molecule has 2 aromatic carbocycles. The van der Waals surface area contributed by atoms with E-state index in [-0.39, 0.29) is 24.3 Å². The van der Waals surface area contributed by atoms with Crippen LogP contribution in [-0.2, 0) is 13.1 Å². The highest BCUT2D eigenvalue weighted by atomic mass is 19.1. The number of pyridine rings is 1. The van der Waals surface area contributed by atoms with Gasteiger partial charge in [0.15, 0.2) is 5.65 Å². The number of amides is 1. The number of halogens is 1. The lowest BCUT2D eigenvalue weighted by molar-refractivity contribution is 0.0952. The van der Waals surface area contributed by atoms with Crippen molar-refractivity contribution in [2.45, 2.75) is 33.0 Å². The van der Waals surface area contributed by atoms with Crippen LogP contribution in [0.15, 0.2) is 60.8 Å². The number of nitrogens with zero attached hydrogens (tertiary/aromatic N) is 3. The number of nitrogens with one attached hydrogen (secondary N) is 2. The minimum Gasteiger partial charge on any atom is -0.348 e. The van der Waals surface area contributed by atoms with Crippen molar-refractivity contribution in [2.24, 2.45) is 5.73 Å². The first-order valence-electron chi connectivity index (χ1n) is 11.4. The summed E-state index contributed by atoms with van der Waals surface area (Å²) in [7, 11) is 0. The third-order valence-corrected chi connectivity index (χ3v) is 5.57. The summed E-state index contributed by atoms with van der Waals surface area (Å²) in [5.41, 5.74) is 9.75. The summed E-state index contributed by atoms with van der Waals surface area (Å²) in [5, 5.41) is 11.3. The van der Waals surface area contributed by atoms with Crippen molar-refractivity contribution in [3.63, 3.8) is 0 Å². The third-order valence-electron chi connectivity index (χ3n) is 5.57. The molecule has 0 saturated heterocycles. The molecule has 34 heavy (non-hydrogen) atoms. The van der Waals surface area contributed by atoms with Crippen LogP contribution < -0.4 is 16.4 Å². The lowest BCUT2D eigenvalue weighted by atomic mass is 10.0. The van der Waals surface area contributed by atoms with E-state index in [1.807, 2.05) is 32.0 Å². The standard InChI is InChI=1S/C26H29FN6O/c1-17(2)33-25-22(16-31-33)21(26(34)30-15-20-7-3-4-9-23(20)27)13-24(32-25)19-8-5-6-18(12-19)14-29-11-10-28/h3-9,12-13,16-17,29H,10-11,14-15,28H2,1-2H3,(H,30,34). The Kier molecular flexibility index (Phi) is 7.30. The topological polar surface area (TPSA) is 97.9 Å². The second-order valence-electron chi connectivity index (χ2n) is 8.42. The number of carbonyl (C=O) groups is 1. The van der Waals surface area contributed by atoms with Gasteiger partial charge in [-0.3, -0.25) is 4.79 Å². The van der Waals surface area contributed by atoms with Gasteiger partial charge in [0.05, 0.1) is 22.8 Å². The van der Waals surface area contributed by atoms with E-state index in [9.17, 15) is 9.18 Å². The summed E-state index contributed by atoms with van der Waals surface area (Å²) >= 11 is 0. The lowest BCUT2D eigenvalue weighted by Gasteiger charge is -2.12. The molecule has 0 aliphatic heterocycles. The van der Waals surface area contributed by atoms with E-state index in [1.54, 1.807) is 35.1 Å². The molecule has 0 unspecified atom stereocenters. The molecular formula is C26H29FN6O. The number of rotatable bonds is 9. The van der Waals surface area contributed by atoms with Crippen molar-refractivity contribution in [1.29, 1.82) is 0 Å². The molecule has 4 aromatic rings. The second-order valence-corrected chi connectivity index (χ2v) is 8.42. The molecule has 1 amide bonds. The first-order valence-corrected chi connectivity index (χ1v) is 11.4. The Morgan fingerprint density at radius 3 is 2.71 bits per heavy atom. The normalized spacial score (nSPS) is 11.3. The van der Waals surface area contributed by atoms with Crippen molar-refractivity contribution in [3.8, 4) is 11.3 Å². The minimum atomic E-state index is -0.351. The van der Waals surface area contributed by atoms with Crippen LogP contribution in [-0.4, -0.2) is 33.8 Å². The molecule has 4 N–H and O–H groups in total. The van der Waals surface area contributed by atoms with E-state index >= 15 is 0 Å². The SMILES string of the molecule is CC(C)n1ncc2c(C(=O)NCc3ccccc3F)cc(-c3cccc(CNCCN)c3)nc21. The zero-order valence-corrected chi connectivity index (χ0v) is 19.4. The number of carbonyl (C=O) groups excluding carboxylic acids is 1. The second kappa shape index (κ2) is 10.5. The number of fused-ring (bicyclic) bond motifs is 1. The van der Waals surface area contributed by atoms with Crippen molar-refractivity contribution in [1.82, 2.24) is 25.4 Å². The van der Waals surface area contributed by atoms with Crippen LogP contribution in [0.4, 0.5) is 4.39 Å². The Morgan fingerprint density at radius 1 is 1.12 bits per heavy atom. The van der Waals surface area contributed by atoms with Crippen molar-refractivity contribution in [3.05, 3.63) is 83.3 Å². The average molecular weight is 461 g/mol. The average Bonchev–Trinajstić information content (AvgIpc) is 3.27. The number of hydrogen-bond acceptors (Lipinski definition) is 5. The Labute approximate surface area is 198 Å². The van der Waals surface area contributed by atoms with Gasteiger partial charge < -0.3 is 16.4 Å². The fourth-order valence-electron chi connectivity index (χ4n) is 3.82. The van der Waals surface area contributed by atoms with E-state index < -0.39 is 0 Å². The number of nitrogens with two attached hydrogens (primary N) is 1. The zero-order valence-electron chi connectivity index (χ0n) is 19.4. The molecule has 2 heterocycles. The molecule has 0 spiro atoms. The predicted molar refractivity (Wildman–Crippen MR) is 132 cm³/mol. The fourth-order valence-corrected chi connectivity index (χ4v) is 3.82. The number of aromatic nitrogens is 3. The summed E-state index contributed by atoms with van der Waals surface area (Å²) < 4.78 is 15.8. The Balaban J connectivity index is 1.71. The van der Waals surface area contributed by atoms with Gasteiger partial charge in [-0.1, -0.05) is 36.4 Å².